The fourth-order valence-corrected chi connectivity index (χ4v) is 3.59. The number of nitrogens with one attached hydrogen (secondary N) is 2. The first kappa shape index (κ1) is 17.5. The summed E-state index contributed by atoms with van der Waals surface area (Å²) in [5, 5.41) is 7.24. The maximum Gasteiger partial charge on any atom is 0.427 e. The van der Waals surface area contributed by atoms with E-state index in [-0.39, 0.29) is 18.6 Å². The Morgan fingerprint density at radius 1 is 1.24 bits per heavy atom. The lowest BCUT2D eigenvalue weighted by molar-refractivity contribution is 0.0907. The maximum atomic E-state index is 12.6. The minimum atomic E-state index is -0.581. The monoisotopic (exact) mass is 347 g/mol. The van der Waals surface area contributed by atoms with Crippen LogP contribution in [0.1, 0.15) is 72.9 Å². The molecule has 0 atom stereocenters. The van der Waals surface area contributed by atoms with Gasteiger partial charge in [-0.3, -0.25) is 4.79 Å². The second kappa shape index (κ2) is 7.72. The van der Waals surface area contributed by atoms with Crippen LogP contribution in [0.3, 0.4) is 0 Å². The van der Waals surface area contributed by atoms with E-state index in [2.05, 4.69) is 15.8 Å². The van der Waals surface area contributed by atoms with Gasteiger partial charge < -0.3 is 14.5 Å². The number of fused-ring (bicyclic) bond motifs is 1. The second-order valence-electron chi connectivity index (χ2n) is 6.55. The Morgan fingerprint density at radius 2 is 2.00 bits per heavy atom. The Kier molecular flexibility index (Phi) is 5.40. The molecular weight excluding hydrogens is 322 g/mol. The highest BCUT2D eigenvalue weighted by molar-refractivity contribution is 6.06. The first-order valence-corrected chi connectivity index (χ1v) is 9.03. The topological polar surface area (TPSA) is 92.9 Å². The van der Waals surface area contributed by atoms with Crippen LogP contribution >= 0.6 is 0 Å². The lowest BCUT2D eigenvalue weighted by atomic mass is 9.93. The Labute approximate surface area is 147 Å². The number of carbonyl (C=O) groups excluding carboxylic acids is 2. The summed E-state index contributed by atoms with van der Waals surface area (Å²) in [5.41, 5.74) is 4.77. The number of hydrazone groups is 1. The zero-order chi connectivity index (χ0) is 17.8. The molecule has 25 heavy (non-hydrogen) atoms. The summed E-state index contributed by atoms with van der Waals surface area (Å²) in [6.45, 7) is 3.90. The molecule has 0 radical (unpaired) electrons. The van der Waals surface area contributed by atoms with Crippen LogP contribution in [0.2, 0.25) is 0 Å². The van der Waals surface area contributed by atoms with E-state index in [1.165, 1.54) is 0 Å². The van der Waals surface area contributed by atoms with Crippen LogP contribution in [0.15, 0.2) is 9.52 Å². The molecule has 2 amide bonds. The highest BCUT2D eigenvalue weighted by Crippen LogP contribution is 2.30. The molecule has 1 fully saturated rings. The molecule has 0 aliphatic heterocycles. The average Bonchev–Trinajstić information content (AvgIpc) is 3.21. The molecule has 2 N–H and O–H groups in total. The number of aryl methyl sites for hydroxylation is 1. The van der Waals surface area contributed by atoms with E-state index < -0.39 is 6.09 Å². The Morgan fingerprint density at radius 3 is 2.72 bits per heavy atom. The molecule has 1 saturated carbocycles. The SMILES string of the molecule is CCOC(=O)N/N=C1\CCCc2oc(C(=O)NC3CCCC3)c(C)c21. The first-order valence-electron chi connectivity index (χ1n) is 9.03. The van der Waals surface area contributed by atoms with Crippen molar-refractivity contribution in [2.75, 3.05) is 6.61 Å². The third-order valence-electron chi connectivity index (χ3n) is 4.78. The molecule has 2 aliphatic rings. The van der Waals surface area contributed by atoms with Crippen molar-refractivity contribution in [3.63, 3.8) is 0 Å². The van der Waals surface area contributed by atoms with Crippen LogP contribution in [0.4, 0.5) is 4.79 Å². The van der Waals surface area contributed by atoms with Gasteiger partial charge in [0.25, 0.3) is 5.91 Å². The van der Waals surface area contributed by atoms with Gasteiger partial charge in [0.1, 0.15) is 5.76 Å². The van der Waals surface area contributed by atoms with E-state index in [0.29, 0.717) is 5.76 Å². The van der Waals surface area contributed by atoms with Gasteiger partial charge in [-0.15, -0.1) is 0 Å². The molecule has 0 saturated heterocycles. The van der Waals surface area contributed by atoms with Gasteiger partial charge in [0, 0.05) is 23.6 Å². The highest BCUT2D eigenvalue weighted by Gasteiger charge is 2.29. The molecule has 2 aliphatic carbocycles. The van der Waals surface area contributed by atoms with Crippen molar-refractivity contribution in [1.82, 2.24) is 10.7 Å². The molecule has 0 spiro atoms. The first-order chi connectivity index (χ1) is 12.1. The van der Waals surface area contributed by atoms with Crippen molar-refractivity contribution in [3.05, 3.63) is 22.6 Å². The lowest BCUT2D eigenvalue weighted by Crippen LogP contribution is -2.32. The van der Waals surface area contributed by atoms with Crippen molar-refractivity contribution in [2.24, 2.45) is 5.10 Å². The predicted octanol–water partition coefficient (Wildman–Crippen LogP) is 3.05. The second-order valence-corrected chi connectivity index (χ2v) is 6.55. The molecule has 0 bridgehead atoms. The predicted molar refractivity (Wildman–Crippen MR) is 92.8 cm³/mol. The minimum Gasteiger partial charge on any atom is -0.455 e. The van der Waals surface area contributed by atoms with Gasteiger partial charge >= 0.3 is 6.09 Å². The Bertz CT molecular complexity index is 687. The summed E-state index contributed by atoms with van der Waals surface area (Å²) in [7, 11) is 0. The van der Waals surface area contributed by atoms with Gasteiger partial charge in [0.05, 0.1) is 12.3 Å². The fraction of sp³-hybridized carbons (Fsp3) is 0.611. The molecule has 7 heteroatoms. The Hall–Kier alpha value is -2.31. The molecule has 136 valence electrons. The molecule has 7 nitrogen and oxygen atoms in total. The van der Waals surface area contributed by atoms with E-state index in [9.17, 15) is 9.59 Å². The summed E-state index contributed by atoms with van der Waals surface area (Å²) in [5.74, 6) is 0.976. The van der Waals surface area contributed by atoms with Gasteiger partial charge in [-0.25, -0.2) is 10.2 Å². The zero-order valence-corrected chi connectivity index (χ0v) is 14.8. The van der Waals surface area contributed by atoms with Crippen molar-refractivity contribution < 1.29 is 18.7 Å². The van der Waals surface area contributed by atoms with Crippen molar-refractivity contribution in [1.29, 1.82) is 0 Å². The third kappa shape index (κ3) is 3.86. The highest BCUT2D eigenvalue weighted by atomic mass is 16.5. The van der Waals surface area contributed by atoms with Gasteiger partial charge in [0.15, 0.2) is 5.76 Å². The van der Waals surface area contributed by atoms with E-state index in [1.54, 1.807) is 6.92 Å². The standard InChI is InChI=1S/C18H25N3O4/c1-3-24-18(23)21-20-13-9-6-10-14-15(13)11(2)16(25-14)17(22)19-12-7-4-5-8-12/h12H,3-10H2,1-2H3,(H,19,22)(H,21,23)/b20-13+. The number of carbonyl (C=O) groups is 2. The van der Waals surface area contributed by atoms with E-state index in [4.69, 9.17) is 9.15 Å². The molecule has 1 heterocycles. The summed E-state index contributed by atoms with van der Waals surface area (Å²) in [6.07, 6.45) is 6.16. The van der Waals surface area contributed by atoms with Crippen LogP contribution in [0, 0.1) is 6.92 Å². The lowest BCUT2D eigenvalue weighted by Gasteiger charge is -2.13. The zero-order valence-electron chi connectivity index (χ0n) is 14.8. The van der Waals surface area contributed by atoms with Crippen molar-refractivity contribution in [3.8, 4) is 0 Å². The molecule has 1 aromatic heterocycles. The number of furan rings is 1. The molecule has 0 aromatic carbocycles. The van der Waals surface area contributed by atoms with Crippen LogP contribution in [-0.4, -0.2) is 30.4 Å². The Balaban J connectivity index is 1.79. The van der Waals surface area contributed by atoms with E-state index in [0.717, 1.165) is 67.5 Å². The van der Waals surface area contributed by atoms with Gasteiger partial charge in [-0.05, 0) is 39.5 Å². The van der Waals surface area contributed by atoms with E-state index >= 15 is 0 Å². The van der Waals surface area contributed by atoms with Crippen LogP contribution in [0.5, 0.6) is 0 Å². The quantitative estimate of drug-likeness (QED) is 0.819. The van der Waals surface area contributed by atoms with Crippen LogP contribution < -0.4 is 10.7 Å². The average molecular weight is 347 g/mol. The normalized spacial score (nSPS) is 18.9. The molecular formula is C18H25N3O4. The van der Waals surface area contributed by atoms with Crippen molar-refractivity contribution in [2.45, 2.75) is 64.8 Å². The number of rotatable bonds is 4. The third-order valence-corrected chi connectivity index (χ3v) is 4.78. The summed E-state index contributed by atoms with van der Waals surface area (Å²) < 4.78 is 10.7. The molecule has 0 unspecified atom stereocenters. The number of hydrogen-bond acceptors (Lipinski definition) is 5. The van der Waals surface area contributed by atoms with Crippen LogP contribution in [-0.2, 0) is 11.2 Å². The number of nitrogens with zero attached hydrogens (tertiary/aromatic N) is 1. The number of ether oxygens (including phenoxy) is 1. The molecule has 3 rings (SSSR count). The molecule has 1 aromatic rings. The summed E-state index contributed by atoms with van der Waals surface area (Å²) in [6, 6.07) is 0.243. The number of hydrogen-bond donors (Lipinski definition) is 2. The van der Waals surface area contributed by atoms with Crippen LogP contribution in [0.25, 0.3) is 0 Å². The smallest absolute Gasteiger partial charge is 0.427 e. The summed E-state index contributed by atoms with van der Waals surface area (Å²) >= 11 is 0. The largest absolute Gasteiger partial charge is 0.455 e. The maximum absolute atomic E-state index is 12.6. The fourth-order valence-electron chi connectivity index (χ4n) is 3.59. The van der Waals surface area contributed by atoms with Crippen molar-refractivity contribution >= 4 is 17.7 Å². The number of amides is 2. The van der Waals surface area contributed by atoms with Gasteiger partial charge in [-0.2, -0.15) is 5.10 Å². The van der Waals surface area contributed by atoms with E-state index in [1.807, 2.05) is 6.92 Å². The van der Waals surface area contributed by atoms with Gasteiger partial charge in [-0.1, -0.05) is 12.8 Å². The minimum absolute atomic E-state index is 0.156. The van der Waals surface area contributed by atoms with Gasteiger partial charge in [0.2, 0.25) is 0 Å². The summed E-state index contributed by atoms with van der Waals surface area (Å²) in [4.78, 5) is 24.0.